The van der Waals surface area contributed by atoms with Gasteiger partial charge in [-0.15, -0.1) is 0 Å². The van der Waals surface area contributed by atoms with Gasteiger partial charge in [0.2, 0.25) is 5.91 Å². The van der Waals surface area contributed by atoms with E-state index in [1.165, 1.54) is 6.92 Å². The molecule has 1 amide bonds. The van der Waals surface area contributed by atoms with Gasteiger partial charge in [-0.1, -0.05) is 30.3 Å². The molecule has 0 aliphatic rings. The highest BCUT2D eigenvalue weighted by atomic mass is 16.5. The summed E-state index contributed by atoms with van der Waals surface area (Å²) in [6.45, 7) is 6.63. The van der Waals surface area contributed by atoms with E-state index in [-0.39, 0.29) is 5.91 Å². The molecule has 5 nitrogen and oxygen atoms in total. The SMILES string of the molecule is CC(=O)N/N=C\c1ccccc1OCCCOc1c(C)cccc1C. The molecule has 0 saturated heterocycles. The van der Waals surface area contributed by atoms with Crippen molar-refractivity contribution in [3.05, 3.63) is 59.2 Å². The Kier molecular flexibility index (Phi) is 7.01. The van der Waals surface area contributed by atoms with Crippen LogP contribution >= 0.6 is 0 Å². The van der Waals surface area contributed by atoms with Gasteiger partial charge in [-0.05, 0) is 37.1 Å². The largest absolute Gasteiger partial charge is 0.493 e. The molecule has 0 aromatic heterocycles. The van der Waals surface area contributed by atoms with Crippen LogP contribution < -0.4 is 14.9 Å². The molecule has 0 aliphatic heterocycles. The van der Waals surface area contributed by atoms with Crippen LogP contribution in [0.2, 0.25) is 0 Å². The van der Waals surface area contributed by atoms with E-state index in [0.29, 0.717) is 13.2 Å². The summed E-state index contributed by atoms with van der Waals surface area (Å²) in [5.41, 5.74) is 5.47. The first-order valence-electron chi connectivity index (χ1n) is 8.28. The van der Waals surface area contributed by atoms with Gasteiger partial charge in [0, 0.05) is 18.9 Å². The number of amides is 1. The number of carbonyl (C=O) groups is 1. The molecule has 0 bridgehead atoms. The maximum absolute atomic E-state index is 10.9. The van der Waals surface area contributed by atoms with E-state index in [9.17, 15) is 4.79 Å². The number of para-hydroxylation sites is 2. The van der Waals surface area contributed by atoms with Gasteiger partial charge >= 0.3 is 0 Å². The Morgan fingerprint density at radius 2 is 1.72 bits per heavy atom. The van der Waals surface area contributed by atoms with Gasteiger partial charge in [-0.2, -0.15) is 5.10 Å². The average Bonchev–Trinajstić information content (AvgIpc) is 2.58. The third-order valence-electron chi connectivity index (χ3n) is 3.55. The summed E-state index contributed by atoms with van der Waals surface area (Å²) in [5.74, 6) is 1.47. The first-order valence-corrected chi connectivity index (χ1v) is 8.28. The van der Waals surface area contributed by atoms with E-state index in [0.717, 1.165) is 34.6 Å². The summed E-state index contributed by atoms with van der Waals surface area (Å²) in [4.78, 5) is 10.9. The Balaban J connectivity index is 1.82. The number of rotatable bonds is 8. The molecule has 2 rings (SSSR count). The molecule has 132 valence electrons. The lowest BCUT2D eigenvalue weighted by Gasteiger charge is -2.13. The molecular weight excluding hydrogens is 316 g/mol. The fourth-order valence-corrected chi connectivity index (χ4v) is 2.35. The van der Waals surface area contributed by atoms with E-state index in [4.69, 9.17) is 9.47 Å². The summed E-state index contributed by atoms with van der Waals surface area (Å²) in [6, 6.07) is 13.7. The summed E-state index contributed by atoms with van der Waals surface area (Å²) in [5, 5.41) is 3.88. The molecule has 0 aliphatic carbocycles. The normalized spacial score (nSPS) is 10.7. The number of hydrogen-bond acceptors (Lipinski definition) is 4. The quantitative estimate of drug-likeness (QED) is 0.453. The Labute approximate surface area is 148 Å². The van der Waals surface area contributed by atoms with Gasteiger partial charge in [-0.25, -0.2) is 5.43 Å². The van der Waals surface area contributed by atoms with Crippen LogP contribution in [0.25, 0.3) is 0 Å². The standard InChI is InChI=1S/C20H24N2O3/c1-15-8-6-9-16(2)20(15)25-13-7-12-24-19-11-5-4-10-18(19)14-21-22-17(3)23/h4-6,8-11,14H,7,12-13H2,1-3H3,(H,22,23)/b21-14-. The van der Waals surface area contributed by atoms with Crippen molar-refractivity contribution in [2.45, 2.75) is 27.2 Å². The molecule has 2 aromatic rings. The first kappa shape index (κ1) is 18.5. The first-order chi connectivity index (χ1) is 12.1. The maximum Gasteiger partial charge on any atom is 0.236 e. The van der Waals surface area contributed by atoms with Crippen molar-refractivity contribution in [2.24, 2.45) is 5.10 Å². The van der Waals surface area contributed by atoms with Gasteiger partial charge < -0.3 is 9.47 Å². The Bertz CT molecular complexity index is 721. The second-order valence-corrected chi connectivity index (χ2v) is 5.74. The minimum atomic E-state index is -0.210. The number of carbonyl (C=O) groups excluding carboxylic acids is 1. The number of benzene rings is 2. The molecule has 0 heterocycles. The van der Waals surface area contributed by atoms with E-state index in [1.807, 2.05) is 56.3 Å². The molecular formula is C20H24N2O3. The van der Waals surface area contributed by atoms with Crippen LogP contribution in [0.1, 0.15) is 30.0 Å². The molecule has 0 atom stereocenters. The lowest BCUT2D eigenvalue weighted by molar-refractivity contribution is -0.118. The van der Waals surface area contributed by atoms with Gasteiger partial charge in [0.15, 0.2) is 0 Å². The third kappa shape index (κ3) is 5.95. The van der Waals surface area contributed by atoms with E-state index in [2.05, 4.69) is 10.5 Å². The van der Waals surface area contributed by atoms with Crippen LogP contribution in [0.4, 0.5) is 0 Å². The zero-order chi connectivity index (χ0) is 18.1. The van der Waals surface area contributed by atoms with Gasteiger partial charge in [0.1, 0.15) is 11.5 Å². The molecule has 0 saturated carbocycles. The molecule has 0 radical (unpaired) electrons. The second-order valence-electron chi connectivity index (χ2n) is 5.74. The molecule has 25 heavy (non-hydrogen) atoms. The van der Waals surface area contributed by atoms with Crippen LogP contribution in [-0.2, 0) is 4.79 Å². The Morgan fingerprint density at radius 3 is 2.44 bits per heavy atom. The molecule has 1 N–H and O–H groups in total. The molecule has 2 aromatic carbocycles. The predicted molar refractivity (Wildman–Crippen MR) is 99.4 cm³/mol. The summed E-state index contributed by atoms with van der Waals surface area (Å²) >= 11 is 0. The lowest BCUT2D eigenvalue weighted by atomic mass is 10.1. The second kappa shape index (κ2) is 9.47. The molecule has 0 unspecified atom stereocenters. The van der Waals surface area contributed by atoms with Crippen LogP contribution in [0.3, 0.4) is 0 Å². The number of nitrogens with one attached hydrogen (secondary N) is 1. The number of nitrogens with zero attached hydrogens (tertiary/aromatic N) is 1. The third-order valence-corrected chi connectivity index (χ3v) is 3.55. The van der Waals surface area contributed by atoms with Crippen LogP contribution in [-0.4, -0.2) is 25.3 Å². The molecule has 0 fully saturated rings. The van der Waals surface area contributed by atoms with Crippen LogP contribution in [0, 0.1) is 13.8 Å². The summed E-state index contributed by atoms with van der Waals surface area (Å²) in [7, 11) is 0. The van der Waals surface area contributed by atoms with Crippen molar-refractivity contribution < 1.29 is 14.3 Å². The fourth-order valence-electron chi connectivity index (χ4n) is 2.35. The Hall–Kier alpha value is -2.82. The summed E-state index contributed by atoms with van der Waals surface area (Å²) < 4.78 is 11.7. The molecule has 5 heteroatoms. The van der Waals surface area contributed by atoms with E-state index < -0.39 is 0 Å². The van der Waals surface area contributed by atoms with Crippen molar-refractivity contribution in [3.8, 4) is 11.5 Å². The van der Waals surface area contributed by atoms with Crippen molar-refractivity contribution >= 4 is 12.1 Å². The van der Waals surface area contributed by atoms with Crippen molar-refractivity contribution in [2.75, 3.05) is 13.2 Å². The smallest absolute Gasteiger partial charge is 0.236 e. The number of hydrogen-bond donors (Lipinski definition) is 1. The van der Waals surface area contributed by atoms with Crippen molar-refractivity contribution in [1.29, 1.82) is 0 Å². The van der Waals surface area contributed by atoms with Crippen molar-refractivity contribution in [1.82, 2.24) is 5.43 Å². The highest BCUT2D eigenvalue weighted by Crippen LogP contribution is 2.22. The average molecular weight is 340 g/mol. The fraction of sp³-hybridized carbons (Fsp3) is 0.300. The Morgan fingerprint density at radius 1 is 1.04 bits per heavy atom. The number of ether oxygens (including phenoxy) is 2. The monoisotopic (exact) mass is 340 g/mol. The minimum absolute atomic E-state index is 0.210. The van der Waals surface area contributed by atoms with Gasteiger partial charge in [0.25, 0.3) is 0 Å². The van der Waals surface area contributed by atoms with Crippen LogP contribution in [0.5, 0.6) is 11.5 Å². The predicted octanol–water partition coefficient (Wildman–Crippen LogP) is 3.62. The highest BCUT2D eigenvalue weighted by molar-refractivity contribution is 5.84. The number of aryl methyl sites for hydroxylation is 2. The van der Waals surface area contributed by atoms with E-state index >= 15 is 0 Å². The zero-order valence-corrected chi connectivity index (χ0v) is 14.9. The van der Waals surface area contributed by atoms with Gasteiger partial charge in [0.05, 0.1) is 19.4 Å². The topological polar surface area (TPSA) is 59.9 Å². The van der Waals surface area contributed by atoms with Gasteiger partial charge in [-0.3, -0.25) is 4.79 Å². The van der Waals surface area contributed by atoms with Crippen molar-refractivity contribution in [3.63, 3.8) is 0 Å². The van der Waals surface area contributed by atoms with E-state index in [1.54, 1.807) is 6.21 Å². The minimum Gasteiger partial charge on any atom is -0.493 e. The van der Waals surface area contributed by atoms with Crippen LogP contribution in [0.15, 0.2) is 47.6 Å². The number of hydrazone groups is 1. The summed E-state index contributed by atoms with van der Waals surface area (Å²) in [6.07, 6.45) is 2.34. The molecule has 0 spiro atoms. The zero-order valence-electron chi connectivity index (χ0n) is 14.9. The maximum atomic E-state index is 10.9. The highest BCUT2D eigenvalue weighted by Gasteiger charge is 2.04. The lowest BCUT2D eigenvalue weighted by Crippen LogP contribution is -2.12.